The summed E-state index contributed by atoms with van der Waals surface area (Å²) in [5, 5.41) is 2.48. The Kier molecular flexibility index (Phi) is 7.38. The SMILES string of the molecule is CC(=O)OCC(=O)CCCCCc1csc(N=C(N)N)n1. The monoisotopic (exact) mass is 312 g/mol. The van der Waals surface area contributed by atoms with Crippen LogP contribution in [0.4, 0.5) is 5.13 Å². The Morgan fingerprint density at radius 1 is 1.33 bits per heavy atom. The molecule has 0 aromatic carbocycles. The first-order valence-corrected chi connectivity index (χ1v) is 7.54. The van der Waals surface area contributed by atoms with E-state index in [9.17, 15) is 9.59 Å². The number of ether oxygens (including phenoxy) is 1. The lowest BCUT2D eigenvalue weighted by Crippen LogP contribution is -2.21. The van der Waals surface area contributed by atoms with Crippen molar-refractivity contribution >= 4 is 34.2 Å². The smallest absolute Gasteiger partial charge is 0.303 e. The van der Waals surface area contributed by atoms with Crippen LogP contribution in [0.3, 0.4) is 0 Å². The quantitative estimate of drug-likeness (QED) is 0.307. The maximum atomic E-state index is 11.4. The molecule has 0 aliphatic carbocycles. The van der Waals surface area contributed by atoms with Gasteiger partial charge in [0.2, 0.25) is 5.13 Å². The van der Waals surface area contributed by atoms with E-state index < -0.39 is 5.97 Å². The normalized spacial score (nSPS) is 10.1. The summed E-state index contributed by atoms with van der Waals surface area (Å²) >= 11 is 1.39. The number of nitrogens with two attached hydrogens (primary N) is 2. The Bertz CT molecular complexity index is 509. The van der Waals surface area contributed by atoms with Crippen molar-refractivity contribution in [1.82, 2.24) is 4.98 Å². The number of carbonyl (C=O) groups is 2. The fourth-order valence-electron chi connectivity index (χ4n) is 1.63. The van der Waals surface area contributed by atoms with E-state index in [1.165, 1.54) is 18.3 Å². The second-order valence-electron chi connectivity index (χ2n) is 4.54. The first-order chi connectivity index (χ1) is 9.97. The van der Waals surface area contributed by atoms with E-state index >= 15 is 0 Å². The van der Waals surface area contributed by atoms with E-state index in [1.807, 2.05) is 5.38 Å². The minimum absolute atomic E-state index is 0.00203. The fraction of sp³-hybridized carbons (Fsp3) is 0.538. The van der Waals surface area contributed by atoms with Crippen LogP contribution in [-0.2, 0) is 20.7 Å². The van der Waals surface area contributed by atoms with Gasteiger partial charge in [-0.05, 0) is 19.3 Å². The van der Waals surface area contributed by atoms with Gasteiger partial charge in [0.1, 0.15) is 6.61 Å². The summed E-state index contributed by atoms with van der Waals surface area (Å²) in [4.78, 5) is 30.1. The molecule has 0 aliphatic heterocycles. The van der Waals surface area contributed by atoms with Gasteiger partial charge in [-0.25, -0.2) is 4.98 Å². The Balaban J connectivity index is 2.14. The highest BCUT2D eigenvalue weighted by molar-refractivity contribution is 7.13. The Morgan fingerprint density at radius 3 is 2.76 bits per heavy atom. The summed E-state index contributed by atoms with van der Waals surface area (Å²) in [6.45, 7) is 1.17. The molecule has 8 heteroatoms. The van der Waals surface area contributed by atoms with Gasteiger partial charge in [-0.3, -0.25) is 9.59 Å². The number of rotatable bonds is 9. The summed E-state index contributed by atoms with van der Waals surface area (Å²) in [5.74, 6) is -0.473. The summed E-state index contributed by atoms with van der Waals surface area (Å²) in [6, 6.07) is 0. The number of guanidine groups is 1. The van der Waals surface area contributed by atoms with Crippen LogP contribution in [0.2, 0.25) is 0 Å². The van der Waals surface area contributed by atoms with Crippen LogP contribution in [0.15, 0.2) is 10.4 Å². The van der Waals surface area contributed by atoms with Crippen molar-refractivity contribution in [1.29, 1.82) is 0 Å². The molecule has 0 amide bonds. The molecule has 1 aromatic rings. The number of carbonyl (C=O) groups excluding carboxylic acids is 2. The summed E-state index contributed by atoms with van der Waals surface area (Å²) < 4.78 is 4.63. The third kappa shape index (κ3) is 8.03. The molecule has 7 nitrogen and oxygen atoms in total. The van der Waals surface area contributed by atoms with Crippen molar-refractivity contribution in [2.75, 3.05) is 6.61 Å². The number of aryl methyl sites for hydroxylation is 1. The number of hydrogen-bond donors (Lipinski definition) is 2. The molecule has 1 aromatic heterocycles. The molecule has 116 valence electrons. The van der Waals surface area contributed by atoms with Crippen molar-refractivity contribution in [3.8, 4) is 0 Å². The van der Waals surface area contributed by atoms with E-state index in [2.05, 4.69) is 14.7 Å². The highest BCUT2D eigenvalue weighted by Gasteiger charge is 2.05. The van der Waals surface area contributed by atoms with Crippen molar-refractivity contribution in [3.05, 3.63) is 11.1 Å². The van der Waals surface area contributed by atoms with Crippen molar-refractivity contribution in [2.45, 2.75) is 39.0 Å². The van der Waals surface area contributed by atoms with Gasteiger partial charge in [-0.2, -0.15) is 4.99 Å². The molecular formula is C13H20N4O3S. The lowest BCUT2D eigenvalue weighted by Gasteiger charge is -2.01. The van der Waals surface area contributed by atoms with Gasteiger partial charge in [0.15, 0.2) is 11.7 Å². The standard InChI is InChI=1S/C13H20N4O3S/c1-9(18)20-7-11(19)6-4-2-3-5-10-8-21-13(16-10)17-12(14)15/h8H,2-7H2,1H3,(H4,14,15,16,17). The first kappa shape index (κ1) is 17.1. The van der Waals surface area contributed by atoms with E-state index in [0.29, 0.717) is 11.6 Å². The van der Waals surface area contributed by atoms with Crippen molar-refractivity contribution in [2.24, 2.45) is 16.5 Å². The van der Waals surface area contributed by atoms with Gasteiger partial charge in [0.25, 0.3) is 0 Å². The average molecular weight is 312 g/mol. The molecule has 21 heavy (non-hydrogen) atoms. The molecule has 0 spiro atoms. The van der Waals surface area contributed by atoms with E-state index in [-0.39, 0.29) is 18.3 Å². The molecule has 0 radical (unpaired) electrons. The third-order valence-corrected chi connectivity index (χ3v) is 3.37. The number of aromatic nitrogens is 1. The minimum atomic E-state index is -0.427. The van der Waals surface area contributed by atoms with Gasteiger partial charge in [-0.15, -0.1) is 11.3 Å². The van der Waals surface area contributed by atoms with Crippen molar-refractivity contribution in [3.63, 3.8) is 0 Å². The van der Waals surface area contributed by atoms with Crippen LogP contribution >= 0.6 is 11.3 Å². The van der Waals surface area contributed by atoms with Crippen LogP contribution < -0.4 is 11.5 Å². The number of aliphatic imine (C=N–C) groups is 1. The van der Waals surface area contributed by atoms with Gasteiger partial charge < -0.3 is 16.2 Å². The molecule has 0 saturated carbocycles. The van der Waals surface area contributed by atoms with E-state index in [1.54, 1.807) is 0 Å². The second kappa shape index (κ2) is 9.06. The van der Waals surface area contributed by atoms with Crippen LogP contribution in [0.5, 0.6) is 0 Å². The molecule has 0 saturated heterocycles. The molecule has 0 atom stereocenters. The Hall–Kier alpha value is -1.96. The van der Waals surface area contributed by atoms with Gasteiger partial charge in [0.05, 0.1) is 5.69 Å². The van der Waals surface area contributed by atoms with Crippen LogP contribution in [0.25, 0.3) is 0 Å². The van der Waals surface area contributed by atoms with Crippen LogP contribution in [0.1, 0.15) is 38.3 Å². The third-order valence-electron chi connectivity index (χ3n) is 2.59. The lowest BCUT2D eigenvalue weighted by atomic mass is 10.1. The maximum Gasteiger partial charge on any atom is 0.303 e. The van der Waals surface area contributed by atoms with Gasteiger partial charge in [0, 0.05) is 18.7 Å². The topological polar surface area (TPSA) is 121 Å². The fourth-order valence-corrected chi connectivity index (χ4v) is 2.37. The average Bonchev–Trinajstić information content (AvgIpc) is 2.82. The molecule has 1 rings (SSSR count). The van der Waals surface area contributed by atoms with Crippen LogP contribution in [0, 0.1) is 0 Å². The molecular weight excluding hydrogens is 292 g/mol. The number of esters is 1. The Labute approximate surface area is 127 Å². The number of nitrogens with zero attached hydrogens (tertiary/aromatic N) is 2. The zero-order valence-electron chi connectivity index (χ0n) is 12.0. The van der Waals surface area contributed by atoms with Gasteiger partial charge >= 0.3 is 5.97 Å². The second-order valence-corrected chi connectivity index (χ2v) is 5.37. The van der Waals surface area contributed by atoms with Crippen LogP contribution in [-0.4, -0.2) is 29.3 Å². The first-order valence-electron chi connectivity index (χ1n) is 6.66. The molecule has 4 N–H and O–H groups in total. The molecule has 0 bridgehead atoms. The molecule has 1 heterocycles. The lowest BCUT2D eigenvalue weighted by molar-refractivity contribution is -0.145. The highest BCUT2D eigenvalue weighted by atomic mass is 32.1. The van der Waals surface area contributed by atoms with E-state index in [4.69, 9.17) is 11.5 Å². The number of unbranched alkanes of at least 4 members (excludes halogenated alkanes) is 2. The maximum absolute atomic E-state index is 11.4. The number of ketones is 1. The Morgan fingerprint density at radius 2 is 2.10 bits per heavy atom. The number of hydrogen-bond acceptors (Lipinski definition) is 6. The minimum Gasteiger partial charge on any atom is -0.458 e. The van der Waals surface area contributed by atoms with E-state index in [0.717, 1.165) is 31.4 Å². The predicted octanol–water partition coefficient (Wildman–Crippen LogP) is 1.28. The highest BCUT2D eigenvalue weighted by Crippen LogP contribution is 2.19. The summed E-state index contributed by atoms with van der Waals surface area (Å²) in [7, 11) is 0. The largest absolute Gasteiger partial charge is 0.458 e. The molecule has 0 fully saturated rings. The number of Topliss-reactive ketones (excluding diaryl/α,β-unsaturated/α-hetero) is 1. The van der Waals surface area contributed by atoms with Crippen molar-refractivity contribution < 1.29 is 14.3 Å². The molecule has 0 unspecified atom stereocenters. The predicted molar refractivity (Wildman–Crippen MR) is 81.4 cm³/mol. The molecule has 0 aliphatic rings. The van der Waals surface area contributed by atoms with Gasteiger partial charge in [-0.1, -0.05) is 6.42 Å². The zero-order chi connectivity index (χ0) is 15.7. The summed E-state index contributed by atoms with van der Waals surface area (Å²) in [6.07, 6.45) is 3.90. The summed E-state index contributed by atoms with van der Waals surface area (Å²) in [5.41, 5.74) is 11.5. The number of thiazole rings is 1. The zero-order valence-corrected chi connectivity index (χ0v) is 12.8.